The van der Waals surface area contributed by atoms with Crippen LogP contribution in [0.5, 0.6) is 5.75 Å². The highest BCUT2D eigenvalue weighted by Gasteiger charge is 2.16. The summed E-state index contributed by atoms with van der Waals surface area (Å²) in [6.07, 6.45) is -0.714. The molecule has 1 atom stereocenters. The molecule has 0 fully saturated rings. The van der Waals surface area contributed by atoms with Gasteiger partial charge in [0.15, 0.2) is 6.10 Å². The first-order chi connectivity index (χ1) is 12.1. The average Bonchev–Trinajstić information content (AvgIpc) is 2.64. The fourth-order valence-electron chi connectivity index (χ4n) is 2.47. The van der Waals surface area contributed by atoms with Crippen LogP contribution in [-0.2, 0) is 4.79 Å². The summed E-state index contributed by atoms with van der Waals surface area (Å²) in [7, 11) is 0. The molecule has 0 aliphatic rings. The Bertz CT molecular complexity index is 847. The summed E-state index contributed by atoms with van der Waals surface area (Å²) in [5.41, 5.74) is 2.67. The fourth-order valence-corrected chi connectivity index (χ4v) is 2.47. The van der Waals surface area contributed by atoms with E-state index >= 15 is 0 Å². The molecule has 0 unspecified atom stereocenters. The van der Waals surface area contributed by atoms with E-state index in [1.54, 1.807) is 6.92 Å². The van der Waals surface area contributed by atoms with Crippen LogP contribution < -0.4 is 10.1 Å². The van der Waals surface area contributed by atoms with E-state index in [1.165, 1.54) is 24.3 Å². The number of amides is 1. The van der Waals surface area contributed by atoms with Gasteiger partial charge in [-0.3, -0.25) is 4.79 Å². The molecule has 0 heterocycles. The molecule has 0 aliphatic carbocycles. The number of carbonyl (C=O) groups excluding carboxylic acids is 1. The number of halogens is 1. The first-order valence-electron chi connectivity index (χ1n) is 8.01. The Kier molecular flexibility index (Phi) is 5.09. The summed E-state index contributed by atoms with van der Waals surface area (Å²) in [6.45, 7) is 1.66. The zero-order valence-electron chi connectivity index (χ0n) is 13.8. The SMILES string of the molecule is C[C@@H](Oc1ccc(F)cc1)C(=O)Nc1ccccc1-c1ccccc1. The van der Waals surface area contributed by atoms with Crippen LogP contribution in [-0.4, -0.2) is 12.0 Å². The van der Waals surface area contributed by atoms with E-state index in [1.807, 2.05) is 54.6 Å². The second kappa shape index (κ2) is 7.62. The normalized spacial score (nSPS) is 11.6. The number of hydrogen-bond acceptors (Lipinski definition) is 2. The van der Waals surface area contributed by atoms with Crippen LogP contribution in [0.1, 0.15) is 6.92 Å². The molecule has 3 nitrogen and oxygen atoms in total. The van der Waals surface area contributed by atoms with Crippen LogP contribution in [0, 0.1) is 5.82 Å². The summed E-state index contributed by atoms with van der Waals surface area (Å²) in [6, 6.07) is 23.0. The van der Waals surface area contributed by atoms with E-state index in [2.05, 4.69) is 5.32 Å². The van der Waals surface area contributed by atoms with E-state index in [0.29, 0.717) is 11.4 Å². The lowest BCUT2D eigenvalue weighted by molar-refractivity contribution is -0.122. The lowest BCUT2D eigenvalue weighted by atomic mass is 10.0. The van der Waals surface area contributed by atoms with Gasteiger partial charge < -0.3 is 10.1 Å². The zero-order chi connectivity index (χ0) is 17.6. The molecule has 4 heteroatoms. The highest BCUT2D eigenvalue weighted by atomic mass is 19.1. The van der Waals surface area contributed by atoms with Crippen molar-refractivity contribution in [1.82, 2.24) is 0 Å². The minimum absolute atomic E-state index is 0.271. The molecule has 1 N–H and O–H groups in total. The van der Waals surface area contributed by atoms with Gasteiger partial charge in [-0.05, 0) is 42.8 Å². The zero-order valence-corrected chi connectivity index (χ0v) is 13.8. The van der Waals surface area contributed by atoms with Crippen molar-refractivity contribution in [2.75, 3.05) is 5.32 Å². The second-order valence-electron chi connectivity index (χ2n) is 5.61. The van der Waals surface area contributed by atoms with Crippen LogP contribution in [0.2, 0.25) is 0 Å². The maximum absolute atomic E-state index is 12.9. The first-order valence-corrected chi connectivity index (χ1v) is 8.01. The van der Waals surface area contributed by atoms with E-state index in [-0.39, 0.29) is 11.7 Å². The van der Waals surface area contributed by atoms with Gasteiger partial charge in [-0.1, -0.05) is 48.5 Å². The number of para-hydroxylation sites is 1. The Morgan fingerprint density at radius 1 is 0.920 bits per heavy atom. The fraction of sp³-hybridized carbons (Fsp3) is 0.0952. The molecule has 1 amide bonds. The number of ether oxygens (including phenoxy) is 1. The van der Waals surface area contributed by atoms with Crippen LogP contribution in [0.15, 0.2) is 78.9 Å². The van der Waals surface area contributed by atoms with Crippen LogP contribution in [0.3, 0.4) is 0 Å². The van der Waals surface area contributed by atoms with Crippen molar-refractivity contribution in [3.8, 4) is 16.9 Å². The third-order valence-electron chi connectivity index (χ3n) is 3.77. The maximum atomic E-state index is 12.9. The van der Waals surface area contributed by atoms with E-state index in [4.69, 9.17) is 4.74 Å². The Morgan fingerprint density at radius 2 is 1.56 bits per heavy atom. The predicted octanol–water partition coefficient (Wildman–Crippen LogP) is 4.90. The van der Waals surface area contributed by atoms with Gasteiger partial charge in [-0.15, -0.1) is 0 Å². The standard InChI is InChI=1S/C21H18FNO2/c1-15(25-18-13-11-17(22)12-14-18)21(24)23-20-10-6-5-9-19(20)16-7-3-2-4-8-16/h2-15H,1H3,(H,23,24)/t15-/m1/s1. The summed E-state index contributed by atoms with van der Waals surface area (Å²) < 4.78 is 18.5. The van der Waals surface area contributed by atoms with Gasteiger partial charge in [0.1, 0.15) is 11.6 Å². The highest BCUT2D eigenvalue weighted by Crippen LogP contribution is 2.27. The van der Waals surface area contributed by atoms with Crippen LogP contribution in [0.4, 0.5) is 10.1 Å². The van der Waals surface area contributed by atoms with E-state index in [0.717, 1.165) is 11.1 Å². The molecule has 0 spiro atoms. The molecule has 0 aliphatic heterocycles. The summed E-state index contributed by atoms with van der Waals surface area (Å²) >= 11 is 0. The molecule has 3 rings (SSSR count). The maximum Gasteiger partial charge on any atom is 0.265 e. The molecule has 3 aromatic carbocycles. The van der Waals surface area contributed by atoms with E-state index in [9.17, 15) is 9.18 Å². The summed E-state index contributed by atoms with van der Waals surface area (Å²) in [4.78, 5) is 12.5. The average molecular weight is 335 g/mol. The van der Waals surface area contributed by atoms with Gasteiger partial charge in [0, 0.05) is 11.3 Å². The number of hydrogen-bond donors (Lipinski definition) is 1. The number of rotatable bonds is 5. The molecule has 3 aromatic rings. The minimum atomic E-state index is -0.714. The van der Waals surface area contributed by atoms with Gasteiger partial charge in [0.25, 0.3) is 5.91 Å². The predicted molar refractivity (Wildman–Crippen MR) is 97.0 cm³/mol. The van der Waals surface area contributed by atoms with Gasteiger partial charge in [0.2, 0.25) is 0 Å². The number of benzene rings is 3. The van der Waals surface area contributed by atoms with E-state index < -0.39 is 6.10 Å². The lowest BCUT2D eigenvalue weighted by Crippen LogP contribution is -2.30. The Morgan fingerprint density at radius 3 is 2.28 bits per heavy atom. The van der Waals surface area contributed by atoms with Crippen molar-refractivity contribution < 1.29 is 13.9 Å². The largest absolute Gasteiger partial charge is 0.481 e. The lowest BCUT2D eigenvalue weighted by Gasteiger charge is -2.16. The van der Waals surface area contributed by atoms with Gasteiger partial charge in [0.05, 0.1) is 0 Å². The van der Waals surface area contributed by atoms with Gasteiger partial charge in [-0.25, -0.2) is 4.39 Å². The van der Waals surface area contributed by atoms with Crippen molar-refractivity contribution in [1.29, 1.82) is 0 Å². The molecular formula is C21H18FNO2. The number of anilines is 1. The number of nitrogens with one attached hydrogen (secondary N) is 1. The number of carbonyl (C=O) groups is 1. The monoisotopic (exact) mass is 335 g/mol. The van der Waals surface area contributed by atoms with Gasteiger partial charge >= 0.3 is 0 Å². The Labute approximate surface area is 146 Å². The summed E-state index contributed by atoms with van der Waals surface area (Å²) in [5, 5.41) is 2.90. The smallest absolute Gasteiger partial charge is 0.265 e. The van der Waals surface area contributed by atoms with Crippen molar-refractivity contribution in [2.24, 2.45) is 0 Å². The molecule has 0 saturated carbocycles. The molecule has 0 aromatic heterocycles. The Hall–Kier alpha value is -3.14. The minimum Gasteiger partial charge on any atom is -0.481 e. The quantitative estimate of drug-likeness (QED) is 0.720. The van der Waals surface area contributed by atoms with Gasteiger partial charge in [-0.2, -0.15) is 0 Å². The van der Waals surface area contributed by atoms with Crippen molar-refractivity contribution in [3.05, 3.63) is 84.7 Å². The molecule has 25 heavy (non-hydrogen) atoms. The molecule has 0 bridgehead atoms. The van der Waals surface area contributed by atoms with Crippen LogP contribution >= 0.6 is 0 Å². The molecular weight excluding hydrogens is 317 g/mol. The summed E-state index contributed by atoms with van der Waals surface area (Å²) in [5.74, 6) is -0.172. The first kappa shape index (κ1) is 16.7. The second-order valence-corrected chi connectivity index (χ2v) is 5.61. The Balaban J connectivity index is 1.74. The van der Waals surface area contributed by atoms with Crippen molar-refractivity contribution in [3.63, 3.8) is 0 Å². The van der Waals surface area contributed by atoms with Crippen molar-refractivity contribution >= 4 is 11.6 Å². The highest BCUT2D eigenvalue weighted by molar-refractivity contribution is 5.97. The molecule has 126 valence electrons. The van der Waals surface area contributed by atoms with Crippen molar-refractivity contribution in [2.45, 2.75) is 13.0 Å². The third kappa shape index (κ3) is 4.23. The van der Waals surface area contributed by atoms with Crippen LogP contribution in [0.25, 0.3) is 11.1 Å². The molecule has 0 saturated heterocycles. The third-order valence-corrected chi connectivity index (χ3v) is 3.77. The topological polar surface area (TPSA) is 38.3 Å². The molecule has 0 radical (unpaired) electrons.